The fourth-order valence-electron chi connectivity index (χ4n) is 2.27. The summed E-state index contributed by atoms with van der Waals surface area (Å²) in [6.07, 6.45) is 6.53. The number of hydrogen-bond donors (Lipinski definition) is 0. The van der Waals surface area contributed by atoms with Crippen LogP contribution in [0.2, 0.25) is 6.04 Å². The van der Waals surface area contributed by atoms with E-state index in [4.69, 9.17) is 39.1 Å². The summed E-state index contributed by atoms with van der Waals surface area (Å²) in [5.74, 6) is 0.427. The molecule has 0 N–H and O–H groups in total. The average molecular weight is 443 g/mol. The molecule has 0 saturated heterocycles. The van der Waals surface area contributed by atoms with Crippen LogP contribution in [0.1, 0.15) is 59.3 Å². The van der Waals surface area contributed by atoms with Crippen molar-refractivity contribution >= 4 is 20.4 Å². The number of alkyl halides is 1. The Morgan fingerprint density at radius 1 is 0.536 bits per heavy atom. The summed E-state index contributed by atoms with van der Waals surface area (Å²) in [6.45, 7) is 11.6. The smallest absolute Gasteiger partial charge is 0.379 e. The zero-order chi connectivity index (χ0) is 20.8. The van der Waals surface area contributed by atoms with Gasteiger partial charge in [0.05, 0.1) is 39.6 Å². The van der Waals surface area contributed by atoms with Gasteiger partial charge in [0.1, 0.15) is 0 Å². The van der Waals surface area contributed by atoms with Crippen molar-refractivity contribution in [3.8, 4) is 0 Å². The van der Waals surface area contributed by atoms with E-state index >= 15 is 0 Å². The SMILES string of the molecule is CCCCOCCO[Si](CCCl)(OCCOCCCC)OCCOCCCC. The van der Waals surface area contributed by atoms with Crippen molar-refractivity contribution in [2.75, 3.05) is 65.3 Å². The molecule has 0 fully saturated rings. The molecule has 0 atom stereocenters. The van der Waals surface area contributed by atoms with Crippen LogP contribution in [0.15, 0.2) is 0 Å². The normalized spacial score (nSPS) is 12.0. The molecule has 0 spiro atoms. The van der Waals surface area contributed by atoms with Crippen molar-refractivity contribution in [2.24, 2.45) is 0 Å². The number of hydrogen-bond acceptors (Lipinski definition) is 6. The van der Waals surface area contributed by atoms with E-state index in [1.165, 1.54) is 0 Å². The highest BCUT2D eigenvalue weighted by atomic mass is 35.5. The van der Waals surface area contributed by atoms with Gasteiger partial charge in [0.2, 0.25) is 0 Å². The maximum absolute atomic E-state index is 6.08. The summed E-state index contributed by atoms with van der Waals surface area (Å²) in [7, 11) is -2.87. The minimum absolute atomic E-state index is 0.427. The lowest BCUT2D eigenvalue weighted by Gasteiger charge is -2.29. The van der Waals surface area contributed by atoms with Crippen LogP contribution >= 0.6 is 11.6 Å². The highest BCUT2D eigenvalue weighted by molar-refractivity contribution is 6.61. The molecule has 0 unspecified atom stereocenters. The fourth-order valence-corrected chi connectivity index (χ4v) is 5.06. The third-order valence-electron chi connectivity index (χ3n) is 3.98. The quantitative estimate of drug-likeness (QED) is 0.130. The van der Waals surface area contributed by atoms with Crippen LogP contribution in [0.25, 0.3) is 0 Å². The first-order valence-electron chi connectivity index (χ1n) is 11.0. The third-order valence-corrected chi connectivity index (χ3v) is 7.28. The Morgan fingerprint density at radius 2 is 0.893 bits per heavy atom. The minimum Gasteiger partial charge on any atom is -0.379 e. The molecule has 0 aromatic carbocycles. The predicted octanol–water partition coefficient (Wildman–Crippen LogP) is 4.66. The first kappa shape index (κ1) is 28.3. The third kappa shape index (κ3) is 17.2. The van der Waals surface area contributed by atoms with Gasteiger partial charge in [0.25, 0.3) is 0 Å². The molecule has 28 heavy (non-hydrogen) atoms. The van der Waals surface area contributed by atoms with E-state index in [0.29, 0.717) is 51.6 Å². The molecule has 0 saturated carbocycles. The monoisotopic (exact) mass is 442 g/mol. The molecule has 0 aliphatic rings. The van der Waals surface area contributed by atoms with Crippen molar-refractivity contribution in [1.29, 1.82) is 0 Å². The molecular weight excluding hydrogens is 400 g/mol. The van der Waals surface area contributed by atoms with Crippen molar-refractivity contribution in [3.05, 3.63) is 0 Å². The van der Waals surface area contributed by atoms with Crippen LogP contribution in [0.4, 0.5) is 0 Å². The summed E-state index contributed by atoms with van der Waals surface area (Å²) in [6, 6.07) is 0.563. The van der Waals surface area contributed by atoms with E-state index < -0.39 is 8.80 Å². The second kappa shape index (κ2) is 22.0. The van der Waals surface area contributed by atoms with Gasteiger partial charge in [-0.05, 0) is 19.3 Å². The van der Waals surface area contributed by atoms with E-state index in [2.05, 4.69) is 20.8 Å². The van der Waals surface area contributed by atoms with Gasteiger partial charge < -0.3 is 27.5 Å². The summed E-state index contributed by atoms with van der Waals surface area (Å²) >= 11 is 6.03. The minimum atomic E-state index is -2.87. The summed E-state index contributed by atoms with van der Waals surface area (Å²) in [5, 5.41) is 0. The molecule has 0 rings (SSSR count). The Kier molecular flexibility index (Phi) is 22.2. The van der Waals surface area contributed by atoms with Crippen molar-refractivity contribution in [1.82, 2.24) is 0 Å². The molecule has 6 nitrogen and oxygen atoms in total. The molecule has 0 aliphatic carbocycles. The topological polar surface area (TPSA) is 55.4 Å². The number of halogens is 1. The first-order chi connectivity index (χ1) is 13.7. The number of rotatable bonds is 23. The van der Waals surface area contributed by atoms with Crippen molar-refractivity contribution < 1.29 is 27.5 Å². The molecule has 0 heterocycles. The zero-order valence-electron chi connectivity index (χ0n) is 18.3. The Balaban J connectivity index is 4.39. The standard InChI is InChI=1S/C20H43ClO6Si/c1-4-7-11-22-14-17-25-28(20-10-21,26-18-15-23-12-8-5-2)27-19-16-24-13-9-6-3/h4-20H2,1-3H3. The van der Waals surface area contributed by atoms with E-state index in [1.54, 1.807) is 0 Å². The van der Waals surface area contributed by atoms with Crippen molar-refractivity contribution in [2.45, 2.75) is 65.3 Å². The highest BCUT2D eigenvalue weighted by Crippen LogP contribution is 2.17. The fraction of sp³-hybridized carbons (Fsp3) is 1.00. The van der Waals surface area contributed by atoms with Gasteiger partial charge in [-0.15, -0.1) is 11.6 Å². The van der Waals surface area contributed by atoms with Crippen LogP contribution in [0, 0.1) is 0 Å². The van der Waals surface area contributed by atoms with Gasteiger partial charge in [-0.25, -0.2) is 0 Å². The summed E-state index contributed by atoms with van der Waals surface area (Å²) in [4.78, 5) is 0. The predicted molar refractivity (Wildman–Crippen MR) is 116 cm³/mol. The lowest BCUT2D eigenvalue weighted by molar-refractivity contribution is 0.000684. The Bertz CT molecular complexity index is 272. The average Bonchev–Trinajstić information content (AvgIpc) is 2.70. The van der Waals surface area contributed by atoms with Crippen LogP contribution in [-0.4, -0.2) is 74.1 Å². The molecule has 170 valence electrons. The van der Waals surface area contributed by atoms with E-state index in [-0.39, 0.29) is 0 Å². The van der Waals surface area contributed by atoms with Gasteiger partial charge >= 0.3 is 8.80 Å². The van der Waals surface area contributed by atoms with Crippen LogP contribution in [-0.2, 0) is 27.5 Å². The summed E-state index contributed by atoms with van der Waals surface area (Å²) < 4.78 is 35.0. The number of unbranched alkanes of at least 4 members (excludes halogenated alkanes) is 3. The molecule has 0 bridgehead atoms. The van der Waals surface area contributed by atoms with Gasteiger partial charge in [0, 0.05) is 31.7 Å². The van der Waals surface area contributed by atoms with Crippen molar-refractivity contribution in [3.63, 3.8) is 0 Å². The van der Waals surface area contributed by atoms with Gasteiger partial charge in [-0.2, -0.15) is 0 Å². The Morgan fingerprint density at radius 3 is 1.18 bits per heavy atom. The largest absolute Gasteiger partial charge is 0.502 e. The van der Waals surface area contributed by atoms with Crippen LogP contribution < -0.4 is 0 Å². The highest BCUT2D eigenvalue weighted by Gasteiger charge is 2.40. The van der Waals surface area contributed by atoms with Gasteiger partial charge in [0.15, 0.2) is 0 Å². The lowest BCUT2D eigenvalue weighted by atomic mass is 10.4. The van der Waals surface area contributed by atoms with E-state index in [1.807, 2.05) is 0 Å². The molecule has 0 aliphatic heterocycles. The Labute approximate surface area is 178 Å². The lowest BCUT2D eigenvalue weighted by Crippen LogP contribution is -2.48. The second-order valence-corrected chi connectivity index (χ2v) is 9.68. The molecular formula is C20H43ClO6Si. The molecule has 0 aromatic heterocycles. The molecule has 0 radical (unpaired) electrons. The van der Waals surface area contributed by atoms with Crippen LogP contribution in [0.3, 0.4) is 0 Å². The zero-order valence-corrected chi connectivity index (χ0v) is 20.1. The molecule has 8 heteroatoms. The first-order valence-corrected chi connectivity index (χ1v) is 13.4. The summed E-state index contributed by atoms with van der Waals surface area (Å²) in [5.41, 5.74) is 0. The van der Waals surface area contributed by atoms with E-state index in [9.17, 15) is 0 Å². The number of ether oxygens (including phenoxy) is 3. The van der Waals surface area contributed by atoms with Crippen LogP contribution in [0.5, 0.6) is 0 Å². The maximum atomic E-state index is 6.08. The van der Waals surface area contributed by atoms with E-state index in [0.717, 1.165) is 58.3 Å². The second-order valence-electron chi connectivity index (χ2n) is 6.57. The molecule has 0 aromatic rings. The van der Waals surface area contributed by atoms with Gasteiger partial charge in [-0.1, -0.05) is 40.0 Å². The maximum Gasteiger partial charge on any atom is 0.502 e. The van der Waals surface area contributed by atoms with Gasteiger partial charge in [-0.3, -0.25) is 0 Å². The Hall–Kier alpha value is 0.267. The molecule has 0 amide bonds.